The van der Waals surface area contributed by atoms with Gasteiger partial charge in [0.15, 0.2) is 5.78 Å². The number of hydrogen-bond donors (Lipinski definition) is 0. The lowest BCUT2D eigenvalue weighted by Crippen LogP contribution is -2.27. The Morgan fingerprint density at radius 3 is 2.62 bits per heavy atom. The highest BCUT2D eigenvalue weighted by Crippen LogP contribution is 2.43. The molecule has 0 spiro atoms. The first-order valence-electron chi connectivity index (χ1n) is 7.14. The van der Waals surface area contributed by atoms with Gasteiger partial charge in [-0.3, -0.25) is 9.59 Å². The van der Waals surface area contributed by atoms with Crippen molar-refractivity contribution in [1.82, 2.24) is 0 Å². The van der Waals surface area contributed by atoms with Gasteiger partial charge in [0.2, 0.25) is 0 Å². The Morgan fingerprint density at radius 2 is 2.00 bits per heavy atom. The maximum atomic E-state index is 12.0. The van der Waals surface area contributed by atoms with Crippen molar-refractivity contribution in [1.29, 1.82) is 0 Å². The molecule has 0 saturated carbocycles. The van der Waals surface area contributed by atoms with E-state index in [1.165, 1.54) is 0 Å². The number of hydrogen-bond acceptors (Lipinski definition) is 3. The number of rotatable bonds is 3. The van der Waals surface area contributed by atoms with Gasteiger partial charge in [0.25, 0.3) is 0 Å². The van der Waals surface area contributed by atoms with Gasteiger partial charge in [-0.1, -0.05) is 19.1 Å². The summed E-state index contributed by atoms with van der Waals surface area (Å²) >= 11 is 0. The van der Waals surface area contributed by atoms with Crippen LogP contribution in [0, 0.1) is 5.41 Å². The standard InChI is InChI=1S/C18H17NO2/c1-4-18(12(3)21)8-7-17-15(10-18)14-9-13(11(2)20)5-6-16(14)19-17/h5-10H,4H2,1-3H3. The molecule has 1 aromatic rings. The van der Waals surface area contributed by atoms with Crippen molar-refractivity contribution >= 4 is 28.5 Å². The molecule has 1 aliphatic carbocycles. The molecular weight excluding hydrogens is 262 g/mol. The number of nitrogens with zero attached hydrogens (tertiary/aromatic N) is 1. The number of benzene rings is 1. The normalized spacial score (nSPS) is 22.2. The van der Waals surface area contributed by atoms with Crippen LogP contribution in [0.4, 0.5) is 5.69 Å². The van der Waals surface area contributed by atoms with Crippen molar-refractivity contribution in [2.24, 2.45) is 10.4 Å². The minimum Gasteiger partial charge on any atom is -0.299 e. The zero-order valence-corrected chi connectivity index (χ0v) is 12.4. The average Bonchev–Trinajstić information content (AvgIpc) is 2.83. The fourth-order valence-corrected chi connectivity index (χ4v) is 2.90. The van der Waals surface area contributed by atoms with Gasteiger partial charge in [0.05, 0.1) is 16.8 Å². The topological polar surface area (TPSA) is 46.5 Å². The molecule has 2 aliphatic rings. The first kappa shape index (κ1) is 13.7. The molecular formula is C18H17NO2. The van der Waals surface area contributed by atoms with E-state index in [0.717, 1.165) is 29.0 Å². The van der Waals surface area contributed by atoms with Gasteiger partial charge in [-0.2, -0.15) is 0 Å². The Hall–Kier alpha value is -2.29. The number of fused-ring (bicyclic) bond motifs is 3. The molecule has 106 valence electrons. The van der Waals surface area contributed by atoms with Gasteiger partial charge < -0.3 is 0 Å². The van der Waals surface area contributed by atoms with E-state index in [-0.39, 0.29) is 11.6 Å². The van der Waals surface area contributed by atoms with Crippen LogP contribution < -0.4 is 0 Å². The third kappa shape index (κ3) is 2.00. The maximum absolute atomic E-state index is 12.0. The molecule has 0 bridgehead atoms. The first-order valence-corrected chi connectivity index (χ1v) is 7.14. The van der Waals surface area contributed by atoms with E-state index < -0.39 is 5.41 Å². The number of allylic oxidation sites excluding steroid dienone is 4. The zero-order chi connectivity index (χ0) is 15.2. The minimum absolute atomic E-state index is 0.0338. The molecule has 21 heavy (non-hydrogen) atoms. The smallest absolute Gasteiger partial charge is 0.159 e. The fraction of sp³-hybridized carbons (Fsp3) is 0.278. The summed E-state index contributed by atoms with van der Waals surface area (Å²) in [6.07, 6.45) is 6.59. The molecule has 1 atom stereocenters. The van der Waals surface area contributed by atoms with Crippen molar-refractivity contribution in [2.45, 2.75) is 27.2 Å². The van der Waals surface area contributed by atoms with Crippen LogP contribution in [0.25, 0.3) is 5.57 Å². The molecule has 0 N–H and O–H groups in total. The van der Waals surface area contributed by atoms with Crippen molar-refractivity contribution in [2.75, 3.05) is 0 Å². The molecule has 1 aromatic carbocycles. The van der Waals surface area contributed by atoms with Gasteiger partial charge in [-0.05, 0) is 44.5 Å². The van der Waals surface area contributed by atoms with E-state index in [4.69, 9.17) is 0 Å². The third-order valence-electron chi connectivity index (χ3n) is 4.39. The van der Waals surface area contributed by atoms with Crippen molar-refractivity contribution in [3.63, 3.8) is 0 Å². The van der Waals surface area contributed by atoms with Gasteiger partial charge in [0.1, 0.15) is 5.78 Å². The molecule has 0 aromatic heterocycles. The molecule has 0 radical (unpaired) electrons. The Morgan fingerprint density at radius 1 is 1.24 bits per heavy atom. The number of Topliss-reactive ketones (excluding diaryl/α,β-unsaturated/α-hetero) is 2. The lowest BCUT2D eigenvalue weighted by molar-refractivity contribution is -0.122. The highest BCUT2D eigenvalue weighted by Gasteiger charge is 2.34. The lowest BCUT2D eigenvalue weighted by Gasteiger charge is -2.26. The van der Waals surface area contributed by atoms with E-state index >= 15 is 0 Å². The van der Waals surface area contributed by atoms with Crippen molar-refractivity contribution in [3.8, 4) is 0 Å². The van der Waals surface area contributed by atoms with E-state index in [0.29, 0.717) is 5.56 Å². The summed E-state index contributed by atoms with van der Waals surface area (Å²) in [5.41, 5.74) is 3.76. The first-order chi connectivity index (χ1) is 9.97. The Bertz CT molecular complexity index is 752. The third-order valence-corrected chi connectivity index (χ3v) is 4.39. The molecule has 0 amide bonds. The van der Waals surface area contributed by atoms with Gasteiger partial charge >= 0.3 is 0 Å². The summed E-state index contributed by atoms with van der Waals surface area (Å²) in [4.78, 5) is 28.2. The molecule has 3 heteroatoms. The van der Waals surface area contributed by atoms with E-state index in [1.54, 1.807) is 19.9 Å². The maximum Gasteiger partial charge on any atom is 0.159 e. The molecule has 3 rings (SSSR count). The summed E-state index contributed by atoms with van der Waals surface area (Å²) < 4.78 is 0. The monoisotopic (exact) mass is 279 g/mol. The average molecular weight is 279 g/mol. The molecule has 1 heterocycles. The second-order valence-electron chi connectivity index (χ2n) is 5.63. The molecule has 1 unspecified atom stereocenters. The van der Waals surface area contributed by atoms with Gasteiger partial charge in [-0.15, -0.1) is 0 Å². The Labute approximate surface area is 124 Å². The van der Waals surface area contributed by atoms with Crippen LogP contribution in [-0.2, 0) is 4.79 Å². The largest absolute Gasteiger partial charge is 0.299 e. The Balaban J connectivity index is 2.17. The lowest BCUT2D eigenvalue weighted by atomic mass is 9.75. The highest BCUT2D eigenvalue weighted by molar-refractivity contribution is 6.35. The zero-order valence-electron chi connectivity index (χ0n) is 12.4. The van der Waals surface area contributed by atoms with E-state index in [1.807, 2.05) is 37.3 Å². The predicted octanol–water partition coefficient (Wildman–Crippen LogP) is 3.91. The SMILES string of the molecule is CCC1(C(C)=O)C=CC2=Nc3ccc(C(C)=O)cc3C2=C1. The van der Waals surface area contributed by atoms with Crippen LogP contribution in [0.3, 0.4) is 0 Å². The van der Waals surface area contributed by atoms with E-state index in [9.17, 15) is 9.59 Å². The molecule has 1 aliphatic heterocycles. The number of carbonyl (C=O) groups is 2. The van der Waals surface area contributed by atoms with Crippen molar-refractivity contribution < 1.29 is 9.59 Å². The predicted molar refractivity (Wildman–Crippen MR) is 84.1 cm³/mol. The number of ketones is 2. The van der Waals surface area contributed by atoms with E-state index in [2.05, 4.69) is 4.99 Å². The quantitative estimate of drug-likeness (QED) is 0.787. The van der Waals surface area contributed by atoms with Crippen LogP contribution in [0.5, 0.6) is 0 Å². The van der Waals surface area contributed by atoms with Crippen LogP contribution >= 0.6 is 0 Å². The molecule has 0 saturated heterocycles. The summed E-state index contributed by atoms with van der Waals surface area (Å²) in [5.74, 6) is 0.162. The summed E-state index contributed by atoms with van der Waals surface area (Å²) in [6, 6.07) is 5.54. The van der Waals surface area contributed by atoms with Gasteiger partial charge in [0, 0.05) is 16.7 Å². The molecule has 0 fully saturated rings. The van der Waals surface area contributed by atoms with Crippen LogP contribution in [0.15, 0.2) is 41.4 Å². The second kappa shape index (κ2) is 4.62. The van der Waals surface area contributed by atoms with Crippen molar-refractivity contribution in [3.05, 3.63) is 47.6 Å². The number of carbonyl (C=O) groups excluding carboxylic acids is 2. The minimum atomic E-state index is -0.553. The van der Waals surface area contributed by atoms with Crippen LogP contribution in [-0.4, -0.2) is 17.3 Å². The second-order valence-corrected chi connectivity index (χ2v) is 5.63. The van der Waals surface area contributed by atoms with Gasteiger partial charge in [-0.25, -0.2) is 4.99 Å². The van der Waals surface area contributed by atoms with Crippen LogP contribution in [0.1, 0.15) is 43.1 Å². The highest BCUT2D eigenvalue weighted by atomic mass is 16.1. The fourth-order valence-electron chi connectivity index (χ4n) is 2.90. The summed E-state index contributed by atoms with van der Waals surface area (Å²) in [7, 11) is 0. The summed E-state index contributed by atoms with van der Waals surface area (Å²) in [6.45, 7) is 5.18. The Kier molecular flexibility index (Phi) is 3.01. The number of aliphatic imine (C=N–C) groups is 1. The molecule has 3 nitrogen and oxygen atoms in total. The van der Waals surface area contributed by atoms with Crippen LogP contribution in [0.2, 0.25) is 0 Å². The summed E-state index contributed by atoms with van der Waals surface area (Å²) in [5, 5.41) is 0.